The van der Waals surface area contributed by atoms with E-state index in [-0.39, 0.29) is 21.4 Å². The zero-order valence-electron chi connectivity index (χ0n) is 9.78. The van der Waals surface area contributed by atoms with Crippen molar-refractivity contribution in [3.63, 3.8) is 0 Å². The Morgan fingerprint density at radius 2 is 1.84 bits per heavy atom. The molecule has 4 nitrogen and oxygen atoms in total. The zero-order chi connectivity index (χ0) is 13.8. The van der Waals surface area contributed by atoms with Gasteiger partial charge in [0.25, 0.3) is 5.69 Å². The first-order valence-electron chi connectivity index (χ1n) is 5.44. The minimum absolute atomic E-state index is 0.193. The van der Waals surface area contributed by atoms with E-state index in [0.717, 1.165) is 5.56 Å². The fourth-order valence-corrected chi connectivity index (χ4v) is 3.03. The third-order valence-electron chi connectivity index (χ3n) is 2.50. The number of benzene rings is 2. The van der Waals surface area contributed by atoms with Crippen molar-refractivity contribution in [2.45, 2.75) is 10.6 Å². The van der Waals surface area contributed by atoms with Gasteiger partial charge in [-0.05, 0) is 17.7 Å². The highest BCUT2D eigenvalue weighted by Crippen LogP contribution is 2.27. The number of nitro groups is 1. The first kappa shape index (κ1) is 13.7. The SMILES string of the molecule is O=[N+]([O-])c1cc(Cl)ccc1[S@@](=O)Cc1ccccc1. The van der Waals surface area contributed by atoms with E-state index >= 15 is 0 Å². The summed E-state index contributed by atoms with van der Waals surface area (Å²) in [5.74, 6) is 0.239. The third kappa shape index (κ3) is 3.39. The molecule has 1 atom stereocenters. The van der Waals surface area contributed by atoms with Gasteiger partial charge in [0.2, 0.25) is 0 Å². The van der Waals surface area contributed by atoms with Gasteiger partial charge in [-0.25, -0.2) is 0 Å². The Balaban J connectivity index is 2.31. The molecule has 6 heteroatoms. The second-order valence-electron chi connectivity index (χ2n) is 3.84. The molecule has 0 saturated carbocycles. The first-order chi connectivity index (χ1) is 9.08. The standard InChI is InChI=1S/C13H10ClNO3S/c14-11-6-7-13(12(8-11)15(16)17)19(18)9-10-4-2-1-3-5-10/h1-8H,9H2/t19-/m0/s1. The van der Waals surface area contributed by atoms with E-state index in [1.165, 1.54) is 18.2 Å². The number of nitrogens with zero attached hydrogens (tertiary/aromatic N) is 1. The fourth-order valence-electron chi connectivity index (χ4n) is 1.63. The van der Waals surface area contributed by atoms with Crippen molar-refractivity contribution >= 4 is 28.1 Å². The summed E-state index contributed by atoms with van der Waals surface area (Å²) in [7, 11) is -1.48. The summed E-state index contributed by atoms with van der Waals surface area (Å²) < 4.78 is 12.2. The lowest BCUT2D eigenvalue weighted by atomic mass is 10.2. The normalized spacial score (nSPS) is 12.1. The predicted molar refractivity (Wildman–Crippen MR) is 74.7 cm³/mol. The number of hydrogen-bond donors (Lipinski definition) is 0. The van der Waals surface area contributed by atoms with E-state index in [1.54, 1.807) is 0 Å². The van der Waals surface area contributed by atoms with E-state index in [1.807, 2.05) is 30.3 Å². The molecule has 0 aliphatic heterocycles. The lowest BCUT2D eigenvalue weighted by Crippen LogP contribution is -2.01. The van der Waals surface area contributed by atoms with Gasteiger partial charge in [-0.2, -0.15) is 0 Å². The summed E-state index contributed by atoms with van der Waals surface area (Å²) in [6.45, 7) is 0. The van der Waals surface area contributed by atoms with Crippen LogP contribution in [0.3, 0.4) is 0 Å². The first-order valence-corrected chi connectivity index (χ1v) is 7.14. The Labute approximate surface area is 117 Å². The molecule has 0 aromatic heterocycles. The Morgan fingerprint density at radius 3 is 2.47 bits per heavy atom. The number of halogens is 1. The molecule has 0 unspecified atom stereocenters. The Bertz CT molecular complexity index is 631. The maximum atomic E-state index is 12.2. The van der Waals surface area contributed by atoms with Gasteiger partial charge in [0, 0.05) is 11.1 Å². The smallest absolute Gasteiger partial charge is 0.258 e. The molecule has 19 heavy (non-hydrogen) atoms. The molecule has 0 aliphatic carbocycles. The van der Waals surface area contributed by atoms with Gasteiger partial charge in [0.05, 0.1) is 21.5 Å². The second-order valence-corrected chi connectivity index (χ2v) is 5.70. The molecule has 0 bridgehead atoms. The van der Waals surface area contributed by atoms with Gasteiger partial charge in [0.1, 0.15) is 4.90 Å². The van der Waals surface area contributed by atoms with Crippen molar-refractivity contribution in [3.8, 4) is 0 Å². The Morgan fingerprint density at radius 1 is 1.16 bits per heavy atom. The van der Waals surface area contributed by atoms with Crippen LogP contribution in [0.4, 0.5) is 5.69 Å². The highest BCUT2D eigenvalue weighted by atomic mass is 35.5. The van der Waals surface area contributed by atoms with Crippen LogP contribution in [-0.2, 0) is 16.6 Å². The van der Waals surface area contributed by atoms with Gasteiger partial charge >= 0.3 is 0 Å². The quantitative estimate of drug-likeness (QED) is 0.640. The summed E-state index contributed by atoms with van der Waals surface area (Å²) in [5, 5.41) is 11.2. The molecule has 0 heterocycles. The Kier molecular flexibility index (Phi) is 4.29. The van der Waals surface area contributed by atoms with Crippen LogP contribution < -0.4 is 0 Å². The Hall–Kier alpha value is -1.72. The van der Waals surface area contributed by atoms with Crippen LogP contribution >= 0.6 is 11.6 Å². The van der Waals surface area contributed by atoms with Crippen LogP contribution in [0.2, 0.25) is 5.02 Å². The van der Waals surface area contributed by atoms with Crippen molar-refractivity contribution in [2.24, 2.45) is 0 Å². The molecule has 0 N–H and O–H groups in total. The number of nitro benzene ring substituents is 1. The molecule has 0 aliphatic rings. The van der Waals surface area contributed by atoms with Crippen molar-refractivity contribution in [1.82, 2.24) is 0 Å². The maximum absolute atomic E-state index is 12.2. The van der Waals surface area contributed by atoms with E-state index < -0.39 is 15.7 Å². The van der Waals surface area contributed by atoms with Crippen LogP contribution in [0, 0.1) is 10.1 Å². The summed E-state index contributed by atoms with van der Waals surface area (Å²) in [6.07, 6.45) is 0. The molecule has 98 valence electrons. The number of rotatable bonds is 4. The fraction of sp³-hybridized carbons (Fsp3) is 0.0769. The molecular formula is C13H10ClNO3S. The van der Waals surface area contributed by atoms with Crippen molar-refractivity contribution < 1.29 is 9.13 Å². The highest BCUT2D eigenvalue weighted by molar-refractivity contribution is 7.84. The molecule has 0 radical (unpaired) electrons. The van der Waals surface area contributed by atoms with E-state index in [9.17, 15) is 14.3 Å². The zero-order valence-corrected chi connectivity index (χ0v) is 11.4. The summed E-state index contributed by atoms with van der Waals surface area (Å²) in [4.78, 5) is 10.6. The highest BCUT2D eigenvalue weighted by Gasteiger charge is 2.19. The van der Waals surface area contributed by atoms with E-state index in [4.69, 9.17) is 11.6 Å². The molecule has 2 aromatic rings. The van der Waals surface area contributed by atoms with Crippen LogP contribution in [0.25, 0.3) is 0 Å². The third-order valence-corrected chi connectivity index (χ3v) is 4.17. The molecule has 0 saturated heterocycles. The van der Waals surface area contributed by atoms with Crippen LogP contribution in [0.5, 0.6) is 0 Å². The van der Waals surface area contributed by atoms with E-state index in [2.05, 4.69) is 0 Å². The van der Waals surface area contributed by atoms with Crippen molar-refractivity contribution in [1.29, 1.82) is 0 Å². The van der Waals surface area contributed by atoms with Crippen molar-refractivity contribution in [2.75, 3.05) is 0 Å². The van der Waals surface area contributed by atoms with Gasteiger partial charge in [0.15, 0.2) is 0 Å². The van der Waals surface area contributed by atoms with Gasteiger partial charge in [-0.1, -0.05) is 41.9 Å². The van der Waals surface area contributed by atoms with Gasteiger partial charge < -0.3 is 0 Å². The largest absolute Gasteiger partial charge is 0.286 e. The molecule has 0 fully saturated rings. The lowest BCUT2D eigenvalue weighted by molar-refractivity contribution is -0.387. The summed E-state index contributed by atoms with van der Waals surface area (Å²) in [5.41, 5.74) is 0.659. The van der Waals surface area contributed by atoms with Crippen LogP contribution in [0.1, 0.15) is 5.56 Å². The van der Waals surface area contributed by atoms with Crippen molar-refractivity contribution in [3.05, 3.63) is 69.2 Å². The molecule has 0 amide bonds. The van der Waals surface area contributed by atoms with Crippen LogP contribution in [-0.4, -0.2) is 9.13 Å². The average molecular weight is 296 g/mol. The predicted octanol–water partition coefficient (Wildman–Crippen LogP) is 3.56. The van der Waals surface area contributed by atoms with E-state index in [0.29, 0.717) is 0 Å². The average Bonchev–Trinajstić information content (AvgIpc) is 2.39. The van der Waals surface area contributed by atoms with Gasteiger partial charge in [-0.15, -0.1) is 0 Å². The second kappa shape index (κ2) is 5.95. The van der Waals surface area contributed by atoms with Crippen LogP contribution in [0.15, 0.2) is 53.4 Å². The lowest BCUT2D eigenvalue weighted by Gasteiger charge is -2.04. The molecule has 0 spiro atoms. The minimum Gasteiger partial charge on any atom is -0.258 e. The minimum atomic E-state index is -1.48. The number of hydrogen-bond acceptors (Lipinski definition) is 3. The summed E-state index contributed by atoms with van der Waals surface area (Å²) >= 11 is 5.72. The maximum Gasteiger partial charge on any atom is 0.286 e. The molecule has 2 rings (SSSR count). The van der Waals surface area contributed by atoms with Gasteiger partial charge in [-0.3, -0.25) is 14.3 Å². The summed E-state index contributed by atoms with van der Waals surface area (Å²) in [6, 6.07) is 13.4. The molecule has 2 aromatic carbocycles. The molecular weight excluding hydrogens is 286 g/mol. The monoisotopic (exact) mass is 295 g/mol. The topological polar surface area (TPSA) is 60.2 Å².